The molecule has 0 aliphatic heterocycles. The van der Waals surface area contributed by atoms with Crippen molar-refractivity contribution < 1.29 is 27.5 Å². The average Bonchev–Trinajstić information content (AvgIpc) is 2.55. The highest BCUT2D eigenvalue weighted by molar-refractivity contribution is 6.34. The fourth-order valence-corrected chi connectivity index (χ4v) is 2.18. The first kappa shape index (κ1) is 18.7. The number of esters is 1. The van der Waals surface area contributed by atoms with Gasteiger partial charge in [-0.1, -0.05) is 11.6 Å². The molecule has 9 heteroatoms. The predicted molar refractivity (Wildman–Crippen MR) is 84.7 cm³/mol. The molecular formula is C16H12ClF3N2O3. The number of alkyl halides is 3. The van der Waals surface area contributed by atoms with E-state index in [0.29, 0.717) is 6.07 Å². The first-order chi connectivity index (χ1) is 11.6. The minimum Gasteiger partial charge on any atom is -0.465 e. The molecule has 0 fully saturated rings. The number of carbonyl (C=O) groups excluding carboxylic acids is 2. The van der Waals surface area contributed by atoms with Crippen LogP contribution < -0.4 is 5.32 Å². The lowest BCUT2D eigenvalue weighted by molar-refractivity contribution is -0.141. The quantitative estimate of drug-likeness (QED) is 0.823. The predicted octanol–water partition coefficient (Wildman–Crippen LogP) is 4.10. The number of amides is 1. The van der Waals surface area contributed by atoms with Gasteiger partial charge in [-0.2, -0.15) is 13.2 Å². The van der Waals surface area contributed by atoms with Crippen molar-refractivity contribution in [1.82, 2.24) is 4.98 Å². The van der Waals surface area contributed by atoms with Crippen LogP contribution in [0.5, 0.6) is 0 Å². The lowest BCUT2D eigenvalue weighted by Crippen LogP contribution is -2.17. The van der Waals surface area contributed by atoms with Gasteiger partial charge in [0.15, 0.2) is 0 Å². The van der Waals surface area contributed by atoms with Gasteiger partial charge in [0.2, 0.25) is 0 Å². The number of hydrogen-bond acceptors (Lipinski definition) is 4. The average molecular weight is 373 g/mol. The highest BCUT2D eigenvalue weighted by atomic mass is 35.5. The summed E-state index contributed by atoms with van der Waals surface area (Å²) in [6.45, 7) is 1.29. The van der Waals surface area contributed by atoms with Gasteiger partial charge in [-0.3, -0.25) is 4.79 Å². The van der Waals surface area contributed by atoms with Crippen LogP contribution in [0, 0.1) is 6.92 Å². The van der Waals surface area contributed by atoms with Gasteiger partial charge in [-0.15, -0.1) is 0 Å². The molecule has 0 unspecified atom stereocenters. The highest BCUT2D eigenvalue weighted by Gasteiger charge is 2.33. The van der Waals surface area contributed by atoms with Gasteiger partial charge in [-0.05, 0) is 37.3 Å². The zero-order chi connectivity index (χ0) is 18.8. The molecule has 0 saturated heterocycles. The Morgan fingerprint density at radius 2 is 1.88 bits per heavy atom. The van der Waals surface area contributed by atoms with Crippen molar-refractivity contribution in [3.63, 3.8) is 0 Å². The molecule has 0 aliphatic carbocycles. The molecule has 0 spiro atoms. The Kier molecular flexibility index (Phi) is 5.32. The van der Waals surface area contributed by atoms with Crippen molar-refractivity contribution in [3.8, 4) is 0 Å². The molecule has 25 heavy (non-hydrogen) atoms. The van der Waals surface area contributed by atoms with E-state index in [0.717, 1.165) is 6.07 Å². The van der Waals surface area contributed by atoms with Crippen LogP contribution in [0.25, 0.3) is 0 Å². The summed E-state index contributed by atoms with van der Waals surface area (Å²) in [6, 6.07) is 5.85. The second-order valence-corrected chi connectivity index (χ2v) is 5.37. The van der Waals surface area contributed by atoms with Gasteiger partial charge in [-0.25, -0.2) is 9.78 Å². The van der Waals surface area contributed by atoms with E-state index in [2.05, 4.69) is 15.0 Å². The largest absolute Gasteiger partial charge is 0.465 e. The number of methoxy groups -OCH3 is 1. The van der Waals surface area contributed by atoms with Gasteiger partial charge in [0.05, 0.1) is 34.6 Å². The van der Waals surface area contributed by atoms with E-state index in [1.54, 1.807) is 0 Å². The van der Waals surface area contributed by atoms with Crippen LogP contribution in [0.2, 0.25) is 5.02 Å². The molecule has 1 heterocycles. The zero-order valence-corrected chi connectivity index (χ0v) is 13.8. The molecule has 0 saturated carbocycles. The Morgan fingerprint density at radius 3 is 2.44 bits per heavy atom. The van der Waals surface area contributed by atoms with E-state index >= 15 is 0 Å². The first-order valence-corrected chi connectivity index (χ1v) is 7.25. The Labute approximate surface area is 145 Å². The molecule has 5 nitrogen and oxygen atoms in total. The summed E-state index contributed by atoms with van der Waals surface area (Å²) >= 11 is 5.97. The summed E-state index contributed by atoms with van der Waals surface area (Å²) in [5.41, 5.74) is -0.953. The van der Waals surface area contributed by atoms with E-state index in [1.165, 1.54) is 32.2 Å². The zero-order valence-electron chi connectivity index (χ0n) is 13.1. The molecular weight excluding hydrogens is 361 g/mol. The van der Waals surface area contributed by atoms with E-state index in [9.17, 15) is 22.8 Å². The summed E-state index contributed by atoms with van der Waals surface area (Å²) in [6.07, 6.45) is -4.60. The van der Waals surface area contributed by atoms with Gasteiger partial charge in [0, 0.05) is 0 Å². The Balaban J connectivity index is 2.30. The van der Waals surface area contributed by atoms with E-state index in [1.807, 2.05) is 0 Å². The van der Waals surface area contributed by atoms with Crippen molar-refractivity contribution in [1.29, 1.82) is 0 Å². The second-order valence-electron chi connectivity index (χ2n) is 4.97. The van der Waals surface area contributed by atoms with Gasteiger partial charge in [0.25, 0.3) is 5.91 Å². The van der Waals surface area contributed by atoms with Crippen LogP contribution in [-0.4, -0.2) is 24.0 Å². The van der Waals surface area contributed by atoms with Gasteiger partial charge < -0.3 is 10.1 Å². The fraction of sp³-hybridized carbons (Fsp3) is 0.188. The number of pyridine rings is 1. The number of benzene rings is 1. The van der Waals surface area contributed by atoms with Crippen LogP contribution >= 0.6 is 11.6 Å². The Hall–Kier alpha value is -2.61. The van der Waals surface area contributed by atoms with E-state index in [4.69, 9.17) is 11.6 Å². The molecule has 2 aromatic rings. The minimum absolute atomic E-state index is 0.0486. The third kappa shape index (κ3) is 4.27. The van der Waals surface area contributed by atoms with Crippen LogP contribution in [0.3, 0.4) is 0 Å². The van der Waals surface area contributed by atoms with Crippen LogP contribution in [0.1, 0.15) is 32.1 Å². The third-order valence-electron chi connectivity index (χ3n) is 3.26. The number of hydrogen-bond donors (Lipinski definition) is 1. The van der Waals surface area contributed by atoms with Crippen molar-refractivity contribution in [2.45, 2.75) is 13.1 Å². The molecule has 0 aliphatic rings. The minimum atomic E-state index is -4.60. The normalized spacial score (nSPS) is 11.1. The number of nitrogens with zero attached hydrogens (tertiary/aromatic N) is 1. The molecule has 0 atom stereocenters. The molecule has 132 valence electrons. The Morgan fingerprint density at radius 1 is 1.20 bits per heavy atom. The SMILES string of the molecule is COC(=O)c1ccc(Cl)c(NC(=O)c2ccc(C(F)(F)F)nc2C)c1. The Bertz CT molecular complexity index is 838. The first-order valence-electron chi connectivity index (χ1n) is 6.87. The molecule has 2 rings (SSSR count). The summed E-state index contributed by atoms with van der Waals surface area (Å²) in [4.78, 5) is 27.2. The number of aromatic nitrogens is 1. The smallest absolute Gasteiger partial charge is 0.433 e. The number of anilines is 1. The summed E-state index contributed by atoms with van der Waals surface area (Å²) in [7, 11) is 1.20. The number of aryl methyl sites for hydroxylation is 1. The van der Waals surface area contributed by atoms with Crippen molar-refractivity contribution in [2.75, 3.05) is 12.4 Å². The van der Waals surface area contributed by atoms with Crippen LogP contribution in [0.4, 0.5) is 18.9 Å². The number of rotatable bonds is 3. The third-order valence-corrected chi connectivity index (χ3v) is 3.59. The molecule has 1 aromatic heterocycles. The lowest BCUT2D eigenvalue weighted by Gasteiger charge is -2.12. The van der Waals surface area contributed by atoms with Crippen LogP contribution in [0.15, 0.2) is 30.3 Å². The van der Waals surface area contributed by atoms with Crippen LogP contribution in [-0.2, 0) is 10.9 Å². The van der Waals surface area contributed by atoms with E-state index < -0.39 is 23.7 Å². The maximum Gasteiger partial charge on any atom is 0.433 e. The number of nitrogens with one attached hydrogen (secondary N) is 1. The molecule has 1 aromatic carbocycles. The molecule has 0 bridgehead atoms. The maximum absolute atomic E-state index is 12.6. The number of halogens is 4. The highest BCUT2D eigenvalue weighted by Crippen LogP contribution is 2.29. The topological polar surface area (TPSA) is 68.3 Å². The summed E-state index contributed by atoms with van der Waals surface area (Å²) < 4.78 is 42.5. The second kappa shape index (κ2) is 7.10. The van der Waals surface area contributed by atoms with Crippen molar-refractivity contribution in [2.24, 2.45) is 0 Å². The molecule has 0 radical (unpaired) electrons. The fourth-order valence-electron chi connectivity index (χ4n) is 2.01. The number of ether oxygens (including phenoxy) is 1. The summed E-state index contributed by atoms with van der Waals surface area (Å²) in [5.74, 6) is -1.33. The maximum atomic E-state index is 12.6. The van der Waals surface area contributed by atoms with E-state index in [-0.39, 0.29) is 27.5 Å². The van der Waals surface area contributed by atoms with Gasteiger partial charge in [0.1, 0.15) is 5.69 Å². The monoisotopic (exact) mass is 372 g/mol. The van der Waals surface area contributed by atoms with Crippen molar-refractivity contribution >= 4 is 29.2 Å². The molecule has 1 N–H and O–H groups in total. The standard InChI is InChI=1S/C16H12ClF3N2O3/c1-8-10(4-6-13(21-8)16(18,19)20)14(23)22-12-7-9(15(24)25-2)3-5-11(12)17/h3-7H,1-2H3,(H,22,23). The van der Waals surface area contributed by atoms with Crippen molar-refractivity contribution in [3.05, 3.63) is 57.9 Å². The van der Waals surface area contributed by atoms with Gasteiger partial charge >= 0.3 is 12.1 Å². The number of carbonyl (C=O) groups is 2. The lowest BCUT2D eigenvalue weighted by atomic mass is 10.1. The molecule has 1 amide bonds. The summed E-state index contributed by atoms with van der Waals surface area (Å²) in [5, 5.41) is 2.60.